The number of carbonyl (C=O) groups excluding carboxylic acids is 2. The molecule has 1 saturated heterocycles. The summed E-state index contributed by atoms with van der Waals surface area (Å²) >= 11 is 0. The molecule has 0 aliphatic carbocycles. The highest BCUT2D eigenvalue weighted by atomic mass is 16.2. The molecule has 0 spiro atoms. The van der Waals surface area contributed by atoms with E-state index in [9.17, 15) is 9.59 Å². The third kappa shape index (κ3) is 4.98. The first kappa shape index (κ1) is 18.3. The molecule has 24 heavy (non-hydrogen) atoms. The number of likely N-dealkylation sites (tertiary alicyclic amines) is 1. The highest BCUT2D eigenvalue weighted by Gasteiger charge is 2.18. The topological polar surface area (TPSA) is 43.9 Å². The predicted octanol–water partition coefficient (Wildman–Crippen LogP) is 2.90. The Morgan fingerprint density at radius 1 is 0.958 bits per heavy atom. The van der Waals surface area contributed by atoms with Crippen molar-refractivity contribution in [2.24, 2.45) is 0 Å². The van der Waals surface area contributed by atoms with Crippen LogP contribution >= 0.6 is 0 Å². The van der Waals surface area contributed by atoms with Gasteiger partial charge in [0.15, 0.2) is 0 Å². The molecule has 0 unspecified atom stereocenters. The molecule has 1 fully saturated rings. The average Bonchev–Trinajstić information content (AvgIpc) is 2.84. The van der Waals surface area contributed by atoms with Gasteiger partial charge in [-0.2, -0.15) is 0 Å². The zero-order valence-corrected chi connectivity index (χ0v) is 15.1. The van der Waals surface area contributed by atoms with E-state index in [2.05, 4.69) is 0 Å². The normalized spacial score (nSPS) is 14.9. The maximum Gasteiger partial charge on any atom is 0.224 e. The molecule has 0 aromatic heterocycles. The lowest BCUT2D eigenvalue weighted by atomic mass is 10.2. The molecule has 0 radical (unpaired) electrons. The molecule has 5 nitrogen and oxygen atoms in total. The van der Waals surface area contributed by atoms with Gasteiger partial charge in [0.1, 0.15) is 0 Å². The number of amides is 2. The molecule has 1 aliphatic heterocycles. The quantitative estimate of drug-likeness (QED) is 0.833. The molecule has 1 aromatic carbocycles. The second-order valence-electron chi connectivity index (χ2n) is 6.63. The molecular formula is C19H29N3O2. The summed E-state index contributed by atoms with van der Waals surface area (Å²) in [5, 5.41) is 0. The van der Waals surface area contributed by atoms with Crippen LogP contribution in [0, 0.1) is 0 Å². The smallest absolute Gasteiger partial charge is 0.224 e. The number of hydrogen-bond donors (Lipinski definition) is 0. The van der Waals surface area contributed by atoms with Crippen LogP contribution in [0.4, 0.5) is 11.4 Å². The van der Waals surface area contributed by atoms with E-state index in [4.69, 9.17) is 0 Å². The van der Waals surface area contributed by atoms with E-state index in [1.807, 2.05) is 48.2 Å². The van der Waals surface area contributed by atoms with E-state index < -0.39 is 0 Å². The Morgan fingerprint density at radius 2 is 1.50 bits per heavy atom. The molecule has 2 amide bonds. The molecule has 5 heteroatoms. The average molecular weight is 331 g/mol. The summed E-state index contributed by atoms with van der Waals surface area (Å²) < 4.78 is 0. The summed E-state index contributed by atoms with van der Waals surface area (Å²) in [6.07, 6.45) is 4.99. The number of anilines is 2. The number of hydrogen-bond acceptors (Lipinski definition) is 3. The van der Waals surface area contributed by atoms with Crippen molar-refractivity contribution in [2.45, 2.75) is 39.0 Å². The van der Waals surface area contributed by atoms with Gasteiger partial charge in [0.05, 0.1) is 0 Å². The summed E-state index contributed by atoms with van der Waals surface area (Å²) in [6, 6.07) is 7.85. The van der Waals surface area contributed by atoms with E-state index in [0.717, 1.165) is 37.3 Å². The maximum absolute atomic E-state index is 12.4. The van der Waals surface area contributed by atoms with Gasteiger partial charge in [-0.3, -0.25) is 9.59 Å². The fraction of sp³-hybridized carbons (Fsp3) is 0.579. The molecule has 0 atom stereocenters. The molecule has 1 aromatic rings. The van der Waals surface area contributed by atoms with Gasteiger partial charge in [0.2, 0.25) is 11.8 Å². The lowest BCUT2D eigenvalue weighted by Gasteiger charge is -2.25. The Hall–Kier alpha value is -2.04. The van der Waals surface area contributed by atoms with Crippen LogP contribution in [-0.2, 0) is 9.59 Å². The van der Waals surface area contributed by atoms with Gasteiger partial charge in [0, 0.05) is 58.4 Å². The van der Waals surface area contributed by atoms with Crippen LogP contribution in [0.5, 0.6) is 0 Å². The Labute approximate surface area is 145 Å². The monoisotopic (exact) mass is 331 g/mol. The lowest BCUT2D eigenvalue weighted by Crippen LogP contribution is -2.36. The second kappa shape index (κ2) is 8.71. The first-order valence-corrected chi connectivity index (χ1v) is 8.82. The molecule has 1 heterocycles. The summed E-state index contributed by atoms with van der Waals surface area (Å²) in [5.41, 5.74) is 1.93. The van der Waals surface area contributed by atoms with Crippen molar-refractivity contribution in [1.82, 2.24) is 4.90 Å². The van der Waals surface area contributed by atoms with Crippen molar-refractivity contribution in [2.75, 3.05) is 43.5 Å². The van der Waals surface area contributed by atoms with Crippen molar-refractivity contribution in [3.05, 3.63) is 24.3 Å². The number of nitrogens with zero attached hydrogens (tertiary/aromatic N) is 3. The van der Waals surface area contributed by atoms with Crippen LogP contribution in [0.1, 0.15) is 39.0 Å². The Balaban J connectivity index is 1.98. The largest absolute Gasteiger partial charge is 0.378 e. The van der Waals surface area contributed by atoms with Crippen molar-refractivity contribution in [3.63, 3.8) is 0 Å². The van der Waals surface area contributed by atoms with Gasteiger partial charge in [0.25, 0.3) is 0 Å². The van der Waals surface area contributed by atoms with Gasteiger partial charge in [-0.15, -0.1) is 0 Å². The predicted molar refractivity (Wildman–Crippen MR) is 98.5 cm³/mol. The van der Waals surface area contributed by atoms with Crippen molar-refractivity contribution in [3.8, 4) is 0 Å². The standard InChI is InChI=1S/C19H29N3O2/c1-16(23)22(18-10-8-17(9-11-18)20(2)3)15-12-19(24)21-13-6-4-5-7-14-21/h8-11H,4-7,12-15H2,1-3H3. The van der Waals surface area contributed by atoms with Crippen LogP contribution in [-0.4, -0.2) is 50.4 Å². The Morgan fingerprint density at radius 3 is 2.00 bits per heavy atom. The molecule has 1 aliphatic rings. The number of rotatable bonds is 5. The highest BCUT2D eigenvalue weighted by Crippen LogP contribution is 2.20. The molecule has 0 bridgehead atoms. The zero-order valence-electron chi connectivity index (χ0n) is 15.1. The molecule has 0 saturated carbocycles. The third-order valence-corrected chi connectivity index (χ3v) is 4.57. The third-order valence-electron chi connectivity index (χ3n) is 4.57. The second-order valence-corrected chi connectivity index (χ2v) is 6.63. The number of carbonyl (C=O) groups is 2. The van der Waals surface area contributed by atoms with E-state index in [1.54, 1.807) is 11.8 Å². The Bertz CT molecular complexity index is 546. The summed E-state index contributed by atoms with van der Waals surface area (Å²) in [4.78, 5) is 30.1. The van der Waals surface area contributed by atoms with E-state index in [1.165, 1.54) is 12.8 Å². The van der Waals surface area contributed by atoms with Crippen molar-refractivity contribution in [1.29, 1.82) is 0 Å². The zero-order chi connectivity index (χ0) is 17.5. The summed E-state index contributed by atoms with van der Waals surface area (Å²) in [5.74, 6) is 0.129. The van der Waals surface area contributed by atoms with Gasteiger partial charge in [-0.25, -0.2) is 0 Å². The molecule has 132 valence electrons. The highest BCUT2D eigenvalue weighted by molar-refractivity contribution is 5.92. The summed E-state index contributed by atoms with van der Waals surface area (Å²) in [7, 11) is 3.97. The summed E-state index contributed by atoms with van der Waals surface area (Å²) in [6.45, 7) is 3.70. The van der Waals surface area contributed by atoms with Crippen LogP contribution < -0.4 is 9.80 Å². The van der Waals surface area contributed by atoms with Crippen LogP contribution in [0.25, 0.3) is 0 Å². The minimum atomic E-state index is -0.0312. The maximum atomic E-state index is 12.4. The van der Waals surface area contributed by atoms with Crippen LogP contribution in [0.15, 0.2) is 24.3 Å². The first-order valence-electron chi connectivity index (χ1n) is 8.82. The van der Waals surface area contributed by atoms with Crippen molar-refractivity contribution < 1.29 is 9.59 Å². The van der Waals surface area contributed by atoms with E-state index in [0.29, 0.717) is 13.0 Å². The lowest BCUT2D eigenvalue weighted by molar-refractivity contribution is -0.131. The fourth-order valence-corrected chi connectivity index (χ4v) is 3.08. The van der Waals surface area contributed by atoms with Gasteiger partial charge < -0.3 is 14.7 Å². The first-order chi connectivity index (χ1) is 11.5. The van der Waals surface area contributed by atoms with Gasteiger partial charge >= 0.3 is 0 Å². The molecular weight excluding hydrogens is 302 g/mol. The van der Waals surface area contributed by atoms with E-state index >= 15 is 0 Å². The fourth-order valence-electron chi connectivity index (χ4n) is 3.08. The van der Waals surface area contributed by atoms with Crippen molar-refractivity contribution >= 4 is 23.2 Å². The van der Waals surface area contributed by atoms with Crippen LogP contribution in [0.2, 0.25) is 0 Å². The van der Waals surface area contributed by atoms with Gasteiger partial charge in [-0.1, -0.05) is 12.8 Å². The SMILES string of the molecule is CC(=O)N(CCC(=O)N1CCCCCC1)c1ccc(N(C)C)cc1. The minimum absolute atomic E-state index is 0.0312. The number of benzene rings is 1. The molecule has 2 rings (SSSR count). The van der Waals surface area contributed by atoms with Crippen LogP contribution in [0.3, 0.4) is 0 Å². The minimum Gasteiger partial charge on any atom is -0.378 e. The van der Waals surface area contributed by atoms with E-state index in [-0.39, 0.29) is 11.8 Å². The van der Waals surface area contributed by atoms with Gasteiger partial charge in [-0.05, 0) is 37.1 Å². The molecule has 0 N–H and O–H groups in total. The Kier molecular flexibility index (Phi) is 6.64.